The van der Waals surface area contributed by atoms with Crippen LogP contribution in [-0.4, -0.2) is 21.7 Å². The summed E-state index contributed by atoms with van der Waals surface area (Å²) in [4.78, 5) is 7.70. The van der Waals surface area contributed by atoms with Crippen molar-refractivity contribution < 1.29 is 0 Å². The zero-order valence-electron chi connectivity index (χ0n) is 10.5. The smallest absolute Gasteiger partial charge is 0.223 e. The highest BCUT2D eigenvalue weighted by atomic mass is 15.3. The predicted molar refractivity (Wildman–Crippen MR) is 75.4 cm³/mol. The molecule has 0 aliphatic carbocycles. The minimum Gasteiger partial charge on any atom is -0.370 e. The van der Waals surface area contributed by atoms with Crippen LogP contribution < -0.4 is 17.2 Å². The van der Waals surface area contributed by atoms with E-state index in [9.17, 15) is 0 Å². The molecule has 0 aliphatic heterocycles. The quantitative estimate of drug-likeness (QED) is 0.532. The van der Waals surface area contributed by atoms with Crippen molar-refractivity contribution in [2.24, 2.45) is 27.2 Å². The molecule has 6 N–H and O–H groups in total. The van der Waals surface area contributed by atoms with Crippen molar-refractivity contribution in [1.29, 1.82) is 0 Å². The van der Waals surface area contributed by atoms with E-state index in [0.717, 1.165) is 11.4 Å². The minimum atomic E-state index is -0.120. The first-order chi connectivity index (χ1) is 9.04. The summed E-state index contributed by atoms with van der Waals surface area (Å²) in [5.74, 6) is -0.104. The maximum atomic E-state index is 5.54. The Morgan fingerprint density at radius 1 is 1.11 bits per heavy atom. The number of guanidine groups is 2. The molecule has 0 saturated heterocycles. The van der Waals surface area contributed by atoms with Gasteiger partial charge >= 0.3 is 0 Å². The third-order valence-corrected chi connectivity index (χ3v) is 2.32. The Morgan fingerprint density at radius 2 is 1.79 bits per heavy atom. The number of aliphatic imine (C=N–C) groups is 2. The molecule has 0 spiro atoms. The van der Waals surface area contributed by atoms with Gasteiger partial charge in [0, 0.05) is 6.20 Å². The highest BCUT2D eigenvalue weighted by Crippen LogP contribution is 2.15. The molecule has 0 fully saturated rings. The van der Waals surface area contributed by atoms with Gasteiger partial charge in [0.15, 0.2) is 5.96 Å². The molecule has 0 aliphatic rings. The van der Waals surface area contributed by atoms with Crippen molar-refractivity contribution in [3.8, 4) is 5.69 Å². The van der Waals surface area contributed by atoms with Crippen LogP contribution in [0.25, 0.3) is 5.69 Å². The first-order valence-electron chi connectivity index (χ1n) is 5.61. The summed E-state index contributed by atoms with van der Waals surface area (Å²) in [6, 6.07) is 9.31. The molecule has 7 heteroatoms. The van der Waals surface area contributed by atoms with E-state index in [4.69, 9.17) is 17.2 Å². The fraction of sp³-hybridized carbons (Fsp3) is 0.0833. The SMILES string of the molecule is Cc1ccn(-c2ccc(N=C(N)N=C(N)N)cc2)n1. The lowest BCUT2D eigenvalue weighted by Crippen LogP contribution is -2.26. The van der Waals surface area contributed by atoms with Crippen molar-refractivity contribution in [3.63, 3.8) is 0 Å². The van der Waals surface area contributed by atoms with Crippen molar-refractivity contribution in [2.75, 3.05) is 0 Å². The summed E-state index contributed by atoms with van der Waals surface area (Å²) < 4.78 is 1.78. The lowest BCUT2D eigenvalue weighted by atomic mass is 10.3. The van der Waals surface area contributed by atoms with Gasteiger partial charge in [0.2, 0.25) is 5.96 Å². The van der Waals surface area contributed by atoms with Gasteiger partial charge in [-0.2, -0.15) is 10.1 Å². The van der Waals surface area contributed by atoms with E-state index < -0.39 is 0 Å². The second-order valence-corrected chi connectivity index (χ2v) is 3.92. The van der Waals surface area contributed by atoms with Crippen LogP contribution in [0.5, 0.6) is 0 Å². The van der Waals surface area contributed by atoms with E-state index in [-0.39, 0.29) is 11.9 Å². The molecule has 1 aromatic carbocycles. The fourth-order valence-corrected chi connectivity index (χ4v) is 1.53. The first-order valence-corrected chi connectivity index (χ1v) is 5.61. The van der Waals surface area contributed by atoms with E-state index in [2.05, 4.69) is 15.1 Å². The second-order valence-electron chi connectivity index (χ2n) is 3.92. The number of hydrogen-bond donors (Lipinski definition) is 3. The highest BCUT2D eigenvalue weighted by molar-refractivity contribution is 5.93. The third kappa shape index (κ3) is 3.32. The molecule has 1 aromatic heterocycles. The van der Waals surface area contributed by atoms with Crippen LogP contribution in [0.1, 0.15) is 5.69 Å². The molecule has 0 saturated carbocycles. The molecule has 1 heterocycles. The van der Waals surface area contributed by atoms with Crippen LogP contribution >= 0.6 is 0 Å². The zero-order valence-corrected chi connectivity index (χ0v) is 10.5. The molecular weight excluding hydrogens is 242 g/mol. The van der Waals surface area contributed by atoms with Gasteiger partial charge in [-0.1, -0.05) is 0 Å². The van der Waals surface area contributed by atoms with Gasteiger partial charge in [-0.05, 0) is 37.3 Å². The van der Waals surface area contributed by atoms with E-state index in [1.54, 1.807) is 16.8 Å². The number of benzene rings is 1. The lowest BCUT2D eigenvalue weighted by Gasteiger charge is -2.01. The molecule has 0 bridgehead atoms. The predicted octanol–water partition coefficient (Wildman–Crippen LogP) is 0.400. The summed E-state index contributed by atoms with van der Waals surface area (Å²) in [7, 11) is 0. The van der Waals surface area contributed by atoms with Crippen LogP contribution in [-0.2, 0) is 0 Å². The molecule has 0 atom stereocenters. The van der Waals surface area contributed by atoms with Crippen molar-refractivity contribution in [2.45, 2.75) is 6.92 Å². The maximum Gasteiger partial charge on any atom is 0.223 e. The molecule has 2 aromatic rings. The monoisotopic (exact) mass is 257 g/mol. The Kier molecular flexibility index (Phi) is 3.46. The Balaban J connectivity index is 2.22. The number of aromatic nitrogens is 2. The molecule has 0 unspecified atom stereocenters. The van der Waals surface area contributed by atoms with Gasteiger partial charge in [-0.25, -0.2) is 9.67 Å². The molecule has 0 amide bonds. The molecular formula is C12H15N7. The van der Waals surface area contributed by atoms with Gasteiger partial charge < -0.3 is 17.2 Å². The topological polar surface area (TPSA) is 121 Å². The van der Waals surface area contributed by atoms with Crippen LogP contribution in [0.15, 0.2) is 46.5 Å². The van der Waals surface area contributed by atoms with Crippen molar-refractivity contribution >= 4 is 17.6 Å². The Bertz CT molecular complexity index is 618. The Morgan fingerprint density at radius 3 is 2.32 bits per heavy atom. The number of nitrogens with two attached hydrogens (primary N) is 3. The largest absolute Gasteiger partial charge is 0.370 e. The summed E-state index contributed by atoms with van der Waals surface area (Å²) >= 11 is 0. The Labute approximate surface area is 110 Å². The van der Waals surface area contributed by atoms with Crippen LogP contribution in [0.4, 0.5) is 5.69 Å². The standard InChI is InChI=1S/C12H15N7/c1-8-6-7-19(18-8)10-4-2-9(3-5-10)16-12(15)17-11(13)14/h2-7H,1H3,(H6,13,14,15,16,17). The average molecular weight is 257 g/mol. The van der Waals surface area contributed by atoms with Gasteiger partial charge in [0.05, 0.1) is 17.1 Å². The van der Waals surface area contributed by atoms with E-state index in [1.165, 1.54) is 0 Å². The highest BCUT2D eigenvalue weighted by Gasteiger charge is 1.98. The number of nitrogens with zero attached hydrogens (tertiary/aromatic N) is 4. The molecule has 19 heavy (non-hydrogen) atoms. The fourth-order valence-electron chi connectivity index (χ4n) is 1.53. The van der Waals surface area contributed by atoms with Crippen LogP contribution in [0, 0.1) is 6.92 Å². The summed E-state index contributed by atoms with van der Waals surface area (Å²) in [5.41, 5.74) is 18.5. The molecule has 7 nitrogen and oxygen atoms in total. The number of aryl methyl sites for hydroxylation is 1. The maximum absolute atomic E-state index is 5.54. The van der Waals surface area contributed by atoms with Crippen molar-refractivity contribution in [1.82, 2.24) is 9.78 Å². The summed E-state index contributed by atoms with van der Waals surface area (Å²) in [6.45, 7) is 1.94. The van der Waals surface area contributed by atoms with E-state index in [0.29, 0.717) is 5.69 Å². The summed E-state index contributed by atoms with van der Waals surface area (Å²) in [6.07, 6.45) is 1.89. The lowest BCUT2D eigenvalue weighted by molar-refractivity contribution is 0.863. The summed E-state index contributed by atoms with van der Waals surface area (Å²) in [5, 5.41) is 4.31. The zero-order chi connectivity index (χ0) is 13.8. The van der Waals surface area contributed by atoms with E-state index in [1.807, 2.05) is 31.3 Å². The molecule has 0 radical (unpaired) electrons. The second kappa shape index (κ2) is 5.21. The number of hydrogen-bond acceptors (Lipinski definition) is 2. The van der Waals surface area contributed by atoms with Gasteiger partial charge in [0.25, 0.3) is 0 Å². The van der Waals surface area contributed by atoms with Gasteiger partial charge in [-0.3, -0.25) is 0 Å². The first kappa shape index (κ1) is 12.6. The van der Waals surface area contributed by atoms with Crippen LogP contribution in [0.2, 0.25) is 0 Å². The molecule has 98 valence electrons. The van der Waals surface area contributed by atoms with Crippen LogP contribution in [0.3, 0.4) is 0 Å². The van der Waals surface area contributed by atoms with Gasteiger partial charge in [0.1, 0.15) is 0 Å². The number of rotatable bonds is 2. The average Bonchev–Trinajstić information content (AvgIpc) is 2.75. The Hall–Kier alpha value is -2.83. The van der Waals surface area contributed by atoms with Gasteiger partial charge in [-0.15, -0.1) is 0 Å². The van der Waals surface area contributed by atoms with Crippen molar-refractivity contribution in [3.05, 3.63) is 42.2 Å². The third-order valence-electron chi connectivity index (χ3n) is 2.32. The van der Waals surface area contributed by atoms with E-state index >= 15 is 0 Å². The molecule has 2 rings (SSSR count). The normalized spacial score (nSPS) is 11.3. The minimum absolute atomic E-state index is 0.0164.